The van der Waals surface area contributed by atoms with Gasteiger partial charge in [0.15, 0.2) is 4.34 Å². The average molecular weight is 538 g/mol. The molecule has 3 aliphatic rings. The molecule has 3 amide bonds. The first-order valence-electron chi connectivity index (χ1n) is 10.6. The van der Waals surface area contributed by atoms with Gasteiger partial charge in [-0.3, -0.25) is 19.3 Å². The first-order chi connectivity index (χ1) is 16.8. The van der Waals surface area contributed by atoms with Gasteiger partial charge < -0.3 is 20.5 Å². The van der Waals surface area contributed by atoms with Crippen LogP contribution in [-0.4, -0.2) is 80.2 Å². The Balaban J connectivity index is 1.54. The Morgan fingerprint density at radius 3 is 2.83 bits per heavy atom. The van der Waals surface area contributed by atoms with Crippen molar-refractivity contribution in [2.75, 3.05) is 18.6 Å². The van der Waals surface area contributed by atoms with E-state index in [9.17, 15) is 24.3 Å². The van der Waals surface area contributed by atoms with Gasteiger partial charge in [-0.1, -0.05) is 41.3 Å². The zero-order valence-corrected chi connectivity index (χ0v) is 21.3. The predicted molar refractivity (Wildman–Crippen MR) is 130 cm³/mol. The molecule has 1 saturated heterocycles. The number of carbonyl (C=O) groups excluding carboxylic acids is 3. The average Bonchev–Trinajstić information content (AvgIpc) is 3.28. The Morgan fingerprint density at radius 1 is 1.43 bits per heavy atom. The fraction of sp³-hybridized carbons (Fsp3) is 0.429. The number of fused-ring (bicyclic) bond motifs is 1. The topological polar surface area (TPSA) is 151 Å². The standard InChI is InChI=1S/C21H23N5O6S3/c1-11-24-25-20(35-11)34-9-13-8-33-19-21(32-2,18(31)26(19)15(13)17(29)30)23-16(28)14(22-10-27)12-6-4-3-5-7-12/h3-4,7,10,14,19H,5-6,8-9H2,1-2H3,(H,22,27)(H,23,28)(H,29,30)/t14?,19?,21-/m0/s1. The van der Waals surface area contributed by atoms with Gasteiger partial charge in [0.2, 0.25) is 12.3 Å². The van der Waals surface area contributed by atoms with Gasteiger partial charge >= 0.3 is 5.97 Å². The summed E-state index contributed by atoms with van der Waals surface area (Å²) in [7, 11) is 1.29. The summed E-state index contributed by atoms with van der Waals surface area (Å²) in [5.74, 6) is -1.86. The second-order valence-corrected chi connectivity index (χ2v) is 11.3. The maximum Gasteiger partial charge on any atom is 0.352 e. The molecule has 1 fully saturated rings. The van der Waals surface area contributed by atoms with Crippen LogP contribution in [0.15, 0.2) is 39.4 Å². The minimum atomic E-state index is -1.74. The van der Waals surface area contributed by atoms with E-state index < -0.39 is 34.9 Å². The van der Waals surface area contributed by atoms with Crippen molar-refractivity contribution in [1.29, 1.82) is 0 Å². The number of aryl methyl sites for hydroxylation is 1. The number of nitrogens with zero attached hydrogens (tertiary/aromatic N) is 3. The molecule has 0 aromatic carbocycles. The Hall–Kier alpha value is -2.68. The number of aliphatic carboxylic acids is 1. The molecule has 0 saturated carbocycles. The number of rotatable bonds is 10. The van der Waals surface area contributed by atoms with Gasteiger partial charge in [-0.2, -0.15) is 0 Å². The minimum absolute atomic E-state index is 0.114. The highest BCUT2D eigenvalue weighted by Crippen LogP contribution is 2.47. The number of carboxylic acids is 1. The van der Waals surface area contributed by atoms with Crippen molar-refractivity contribution in [1.82, 2.24) is 25.7 Å². The van der Waals surface area contributed by atoms with E-state index in [0.717, 1.165) is 9.91 Å². The van der Waals surface area contributed by atoms with Crippen molar-refractivity contribution in [2.24, 2.45) is 0 Å². The Labute approximate surface area is 213 Å². The molecule has 186 valence electrons. The van der Waals surface area contributed by atoms with Crippen LogP contribution in [0.3, 0.4) is 0 Å². The molecule has 2 unspecified atom stereocenters. The highest BCUT2D eigenvalue weighted by atomic mass is 32.2. The molecule has 2 aliphatic heterocycles. The Morgan fingerprint density at radius 2 is 2.23 bits per heavy atom. The van der Waals surface area contributed by atoms with Gasteiger partial charge in [0.25, 0.3) is 11.6 Å². The Bertz CT molecular complexity index is 1150. The lowest BCUT2D eigenvalue weighted by Crippen LogP contribution is -2.81. The summed E-state index contributed by atoms with van der Waals surface area (Å²) in [6, 6.07) is -0.975. The fourth-order valence-electron chi connectivity index (χ4n) is 4.07. The van der Waals surface area contributed by atoms with E-state index >= 15 is 0 Å². The molecular formula is C21H23N5O6S3. The number of aromatic nitrogens is 2. The van der Waals surface area contributed by atoms with Crippen molar-refractivity contribution in [3.63, 3.8) is 0 Å². The van der Waals surface area contributed by atoms with Gasteiger partial charge in [-0.05, 0) is 30.9 Å². The second kappa shape index (κ2) is 10.5. The van der Waals surface area contributed by atoms with Crippen LogP contribution in [0.2, 0.25) is 0 Å². The van der Waals surface area contributed by atoms with Crippen molar-refractivity contribution >= 4 is 59.1 Å². The van der Waals surface area contributed by atoms with Gasteiger partial charge in [0, 0.05) is 18.6 Å². The molecule has 3 N–H and O–H groups in total. The summed E-state index contributed by atoms with van der Waals surface area (Å²) < 4.78 is 6.22. The third kappa shape index (κ3) is 4.75. The normalized spacial score (nSPS) is 24.3. The van der Waals surface area contributed by atoms with Gasteiger partial charge in [-0.15, -0.1) is 22.0 Å². The Kier molecular flexibility index (Phi) is 7.64. The van der Waals surface area contributed by atoms with E-state index in [-0.39, 0.29) is 5.70 Å². The minimum Gasteiger partial charge on any atom is -0.477 e. The maximum atomic E-state index is 13.3. The van der Waals surface area contributed by atoms with Crippen molar-refractivity contribution in [3.8, 4) is 0 Å². The van der Waals surface area contributed by atoms with E-state index in [1.54, 1.807) is 0 Å². The van der Waals surface area contributed by atoms with E-state index in [1.807, 2.05) is 25.2 Å². The summed E-state index contributed by atoms with van der Waals surface area (Å²) in [5.41, 5.74) is -0.593. The molecule has 1 aliphatic carbocycles. The van der Waals surface area contributed by atoms with Crippen LogP contribution >= 0.6 is 34.9 Å². The summed E-state index contributed by atoms with van der Waals surface area (Å²) in [4.78, 5) is 50.9. The van der Waals surface area contributed by atoms with Gasteiger partial charge in [0.1, 0.15) is 22.1 Å². The van der Waals surface area contributed by atoms with Crippen LogP contribution in [0.25, 0.3) is 0 Å². The number of hydrogen-bond acceptors (Lipinski definition) is 10. The molecule has 0 spiro atoms. The van der Waals surface area contributed by atoms with E-state index in [1.165, 1.54) is 42.0 Å². The van der Waals surface area contributed by atoms with Crippen LogP contribution < -0.4 is 10.6 Å². The lowest BCUT2D eigenvalue weighted by Gasteiger charge is -2.56. The number of methoxy groups -OCH3 is 1. The number of nitrogens with one attached hydrogen (secondary N) is 2. The number of ether oxygens (including phenoxy) is 1. The number of carboxylic acid groups (broad SMARTS) is 1. The van der Waals surface area contributed by atoms with Gasteiger partial charge in [0.05, 0.1) is 0 Å². The number of allylic oxidation sites excluding steroid dienone is 3. The summed E-state index contributed by atoms with van der Waals surface area (Å²) in [6.07, 6.45) is 7.24. The monoisotopic (exact) mass is 537 g/mol. The van der Waals surface area contributed by atoms with Crippen LogP contribution in [-0.2, 0) is 23.9 Å². The quantitative estimate of drug-likeness (QED) is 0.130. The number of carbonyl (C=O) groups is 4. The smallest absolute Gasteiger partial charge is 0.352 e. The lowest BCUT2D eigenvalue weighted by molar-refractivity contribution is -0.192. The molecule has 1 aromatic heterocycles. The highest BCUT2D eigenvalue weighted by Gasteiger charge is 2.66. The summed E-state index contributed by atoms with van der Waals surface area (Å²) in [5, 5.41) is 23.1. The first kappa shape index (κ1) is 25.4. The highest BCUT2D eigenvalue weighted by molar-refractivity contribution is 8.01. The molecule has 0 radical (unpaired) electrons. The van der Waals surface area contributed by atoms with Crippen molar-refractivity contribution in [2.45, 2.75) is 41.2 Å². The zero-order chi connectivity index (χ0) is 25.2. The largest absolute Gasteiger partial charge is 0.477 e. The van der Waals surface area contributed by atoms with E-state index in [4.69, 9.17) is 4.74 Å². The van der Waals surface area contributed by atoms with Crippen LogP contribution in [0.1, 0.15) is 17.8 Å². The van der Waals surface area contributed by atoms with Gasteiger partial charge in [-0.25, -0.2) is 4.79 Å². The predicted octanol–water partition coefficient (Wildman–Crippen LogP) is 1.04. The van der Waals surface area contributed by atoms with Crippen LogP contribution in [0.4, 0.5) is 0 Å². The second-order valence-electron chi connectivity index (χ2n) is 7.81. The zero-order valence-electron chi connectivity index (χ0n) is 18.8. The number of hydrogen-bond donors (Lipinski definition) is 3. The molecule has 0 bridgehead atoms. The molecular weight excluding hydrogens is 514 g/mol. The molecule has 3 atom stereocenters. The summed E-state index contributed by atoms with van der Waals surface area (Å²) >= 11 is 4.07. The van der Waals surface area contributed by atoms with E-state index in [0.29, 0.717) is 46.2 Å². The van der Waals surface area contributed by atoms with Crippen molar-refractivity contribution in [3.05, 3.63) is 40.1 Å². The number of amides is 3. The molecule has 11 nitrogen and oxygen atoms in total. The SMILES string of the molecule is CO[C@@]1(NC(=O)C(NC=O)C2=CCC=CC2)C(=O)N2C(C(=O)O)=C(CSc3nnc(C)s3)CSC21. The number of thioether (sulfide) groups is 2. The third-order valence-corrected chi connectivity index (χ3v) is 9.16. The third-order valence-electron chi connectivity index (χ3n) is 5.72. The fourth-order valence-corrected chi connectivity index (χ4v) is 7.46. The van der Waals surface area contributed by atoms with E-state index in [2.05, 4.69) is 20.8 Å². The molecule has 35 heavy (non-hydrogen) atoms. The molecule has 14 heteroatoms. The van der Waals surface area contributed by atoms with Crippen LogP contribution in [0.5, 0.6) is 0 Å². The first-order valence-corrected chi connectivity index (χ1v) is 13.4. The lowest BCUT2D eigenvalue weighted by atomic mass is 9.95. The van der Waals surface area contributed by atoms with Crippen molar-refractivity contribution < 1.29 is 29.0 Å². The number of β-lactam (4-membered cyclic amide) rings is 1. The maximum absolute atomic E-state index is 13.3. The molecule has 3 heterocycles. The molecule has 4 rings (SSSR count). The molecule has 1 aromatic rings. The van der Waals surface area contributed by atoms with Crippen LogP contribution in [0, 0.1) is 6.92 Å². The summed E-state index contributed by atoms with van der Waals surface area (Å²) in [6.45, 7) is 1.83.